The van der Waals surface area contributed by atoms with E-state index in [1.807, 2.05) is 0 Å². The molecule has 27 heavy (non-hydrogen) atoms. The zero-order chi connectivity index (χ0) is 19.4. The number of thiazole rings is 1. The van der Waals surface area contributed by atoms with Crippen LogP contribution >= 0.6 is 23.1 Å². The molecule has 0 spiro atoms. The van der Waals surface area contributed by atoms with Crippen molar-refractivity contribution in [2.75, 3.05) is 24.2 Å². The van der Waals surface area contributed by atoms with E-state index in [4.69, 9.17) is 5.11 Å². The zero-order valence-electron chi connectivity index (χ0n) is 14.2. The topological polar surface area (TPSA) is 82.5 Å². The number of thioether (sulfide) groups is 1. The van der Waals surface area contributed by atoms with Gasteiger partial charge in [0.25, 0.3) is 0 Å². The Kier molecular flexibility index (Phi) is 6.27. The molecule has 144 valence electrons. The first-order valence-corrected chi connectivity index (χ1v) is 10.1. The molecule has 1 aliphatic rings. The van der Waals surface area contributed by atoms with Crippen molar-refractivity contribution in [2.24, 2.45) is 0 Å². The smallest absolute Gasteiger partial charge is 0.355 e. The standard InChI is InChI=1S/C17H17F2N3O3S2/c18-12-3-1-10(7-13(12)19)20-8-11-2-4-15(23)22(11)5-6-26-17-21-14(9-27-17)16(24)25/h1,3,7,9,11,20H,2,4-6,8H2,(H,24,25)/t11-/m1/s1. The number of aromatic nitrogens is 1. The Bertz CT molecular complexity index is 847. The minimum atomic E-state index is -1.06. The average molecular weight is 413 g/mol. The molecule has 10 heteroatoms. The molecule has 1 aromatic carbocycles. The van der Waals surface area contributed by atoms with Crippen LogP contribution in [0.1, 0.15) is 23.3 Å². The molecular weight excluding hydrogens is 396 g/mol. The van der Waals surface area contributed by atoms with Gasteiger partial charge in [-0.2, -0.15) is 0 Å². The number of halogens is 2. The van der Waals surface area contributed by atoms with Crippen molar-refractivity contribution >= 4 is 40.7 Å². The number of anilines is 1. The van der Waals surface area contributed by atoms with Crippen molar-refractivity contribution in [1.82, 2.24) is 9.88 Å². The zero-order valence-corrected chi connectivity index (χ0v) is 15.8. The molecule has 2 heterocycles. The average Bonchev–Trinajstić information content (AvgIpc) is 3.24. The van der Waals surface area contributed by atoms with Gasteiger partial charge >= 0.3 is 5.97 Å². The molecule has 1 amide bonds. The summed E-state index contributed by atoms with van der Waals surface area (Å²) in [6.45, 7) is 0.956. The Morgan fingerprint density at radius 3 is 2.93 bits per heavy atom. The number of nitrogens with one attached hydrogen (secondary N) is 1. The summed E-state index contributed by atoms with van der Waals surface area (Å²) in [6.07, 6.45) is 1.15. The summed E-state index contributed by atoms with van der Waals surface area (Å²) in [5.74, 6) is -2.22. The molecule has 1 fully saturated rings. The molecule has 3 rings (SSSR count). The number of rotatable bonds is 8. The van der Waals surface area contributed by atoms with E-state index in [1.54, 1.807) is 4.90 Å². The lowest BCUT2D eigenvalue weighted by atomic mass is 10.2. The number of hydrogen-bond acceptors (Lipinski definition) is 6. The number of hydrogen-bond donors (Lipinski definition) is 2. The van der Waals surface area contributed by atoms with Crippen LogP contribution in [0.4, 0.5) is 14.5 Å². The second-order valence-electron chi connectivity index (χ2n) is 5.94. The van der Waals surface area contributed by atoms with Crippen LogP contribution in [0.15, 0.2) is 27.9 Å². The fraction of sp³-hybridized carbons (Fsp3) is 0.353. The number of benzene rings is 1. The Morgan fingerprint density at radius 2 is 2.22 bits per heavy atom. The monoisotopic (exact) mass is 413 g/mol. The number of carboxylic acids is 1. The van der Waals surface area contributed by atoms with Crippen molar-refractivity contribution in [1.29, 1.82) is 0 Å². The molecule has 2 aromatic rings. The van der Waals surface area contributed by atoms with Crippen LogP contribution in [0.3, 0.4) is 0 Å². The number of carbonyl (C=O) groups is 2. The normalized spacial score (nSPS) is 16.7. The second-order valence-corrected chi connectivity index (χ2v) is 8.14. The van der Waals surface area contributed by atoms with Gasteiger partial charge in [-0.25, -0.2) is 18.6 Å². The lowest BCUT2D eigenvalue weighted by Gasteiger charge is -2.25. The van der Waals surface area contributed by atoms with Crippen molar-refractivity contribution in [3.63, 3.8) is 0 Å². The van der Waals surface area contributed by atoms with Crippen LogP contribution < -0.4 is 5.32 Å². The molecule has 0 saturated carbocycles. The van der Waals surface area contributed by atoms with Crippen LogP contribution in [-0.4, -0.2) is 51.8 Å². The van der Waals surface area contributed by atoms with Gasteiger partial charge in [0.15, 0.2) is 21.7 Å². The third-order valence-electron chi connectivity index (χ3n) is 4.17. The first-order valence-electron chi connectivity index (χ1n) is 8.24. The molecule has 1 aromatic heterocycles. The Morgan fingerprint density at radius 1 is 1.41 bits per heavy atom. The fourth-order valence-electron chi connectivity index (χ4n) is 2.81. The number of carbonyl (C=O) groups excluding carboxylic acids is 1. The van der Waals surface area contributed by atoms with Gasteiger partial charge in [-0.1, -0.05) is 11.8 Å². The first-order chi connectivity index (χ1) is 12.9. The van der Waals surface area contributed by atoms with E-state index in [2.05, 4.69) is 10.3 Å². The summed E-state index contributed by atoms with van der Waals surface area (Å²) in [4.78, 5) is 28.7. The minimum Gasteiger partial charge on any atom is -0.476 e. The molecule has 6 nitrogen and oxygen atoms in total. The van der Waals surface area contributed by atoms with Crippen LogP contribution in [0.5, 0.6) is 0 Å². The fourth-order valence-corrected chi connectivity index (χ4v) is 4.62. The van der Waals surface area contributed by atoms with Gasteiger partial charge in [-0.3, -0.25) is 4.79 Å². The number of likely N-dealkylation sites (tertiary alicyclic amines) is 1. The highest BCUT2D eigenvalue weighted by molar-refractivity contribution is 8.01. The van der Waals surface area contributed by atoms with Crippen LogP contribution in [-0.2, 0) is 4.79 Å². The third kappa shape index (κ3) is 4.95. The molecule has 0 aliphatic carbocycles. The quantitative estimate of drug-likeness (QED) is 0.646. The van der Waals surface area contributed by atoms with E-state index in [-0.39, 0.29) is 17.6 Å². The lowest BCUT2D eigenvalue weighted by Crippen LogP contribution is -2.39. The van der Waals surface area contributed by atoms with Gasteiger partial charge in [0.05, 0.1) is 0 Å². The van der Waals surface area contributed by atoms with Crippen LogP contribution in [0, 0.1) is 11.6 Å². The number of carboxylic acid groups (broad SMARTS) is 1. The largest absolute Gasteiger partial charge is 0.476 e. The van der Waals surface area contributed by atoms with Gasteiger partial charge in [0.2, 0.25) is 5.91 Å². The molecule has 0 radical (unpaired) electrons. The van der Waals surface area contributed by atoms with E-state index >= 15 is 0 Å². The Labute approximate surface area is 162 Å². The first kappa shape index (κ1) is 19.6. The molecular formula is C17H17F2N3O3S2. The third-order valence-corrected chi connectivity index (χ3v) is 6.18. The summed E-state index contributed by atoms with van der Waals surface area (Å²) in [6, 6.07) is 3.58. The van der Waals surface area contributed by atoms with Crippen LogP contribution in [0.2, 0.25) is 0 Å². The number of amides is 1. The molecule has 0 unspecified atom stereocenters. The van der Waals surface area contributed by atoms with E-state index in [0.717, 1.165) is 12.1 Å². The molecule has 1 saturated heterocycles. The second kappa shape index (κ2) is 8.66. The number of aromatic carboxylic acids is 1. The highest BCUT2D eigenvalue weighted by atomic mass is 32.2. The Hall–Kier alpha value is -2.20. The summed E-state index contributed by atoms with van der Waals surface area (Å²) >= 11 is 2.67. The number of nitrogens with zero attached hydrogens (tertiary/aromatic N) is 2. The van der Waals surface area contributed by atoms with Crippen molar-refractivity contribution < 1.29 is 23.5 Å². The predicted molar refractivity (Wildman–Crippen MR) is 99.4 cm³/mol. The Balaban J connectivity index is 1.51. The van der Waals surface area contributed by atoms with E-state index in [0.29, 0.717) is 41.7 Å². The molecule has 1 atom stereocenters. The molecule has 2 N–H and O–H groups in total. The van der Waals surface area contributed by atoms with Crippen molar-refractivity contribution in [3.05, 3.63) is 40.9 Å². The maximum Gasteiger partial charge on any atom is 0.355 e. The van der Waals surface area contributed by atoms with Crippen molar-refractivity contribution in [2.45, 2.75) is 23.2 Å². The van der Waals surface area contributed by atoms with Crippen molar-refractivity contribution in [3.8, 4) is 0 Å². The molecule has 1 aliphatic heterocycles. The molecule has 0 bridgehead atoms. The van der Waals surface area contributed by atoms with Gasteiger partial charge in [0.1, 0.15) is 0 Å². The van der Waals surface area contributed by atoms with E-state index in [1.165, 1.54) is 34.5 Å². The summed E-state index contributed by atoms with van der Waals surface area (Å²) in [7, 11) is 0. The van der Waals surface area contributed by atoms with E-state index < -0.39 is 17.6 Å². The SMILES string of the molecule is O=C(O)c1csc(SCCN2C(=O)CC[C@@H]2CNc2ccc(F)c(F)c2)n1. The summed E-state index contributed by atoms with van der Waals surface area (Å²) in [5, 5.41) is 13.4. The van der Waals surface area contributed by atoms with E-state index in [9.17, 15) is 18.4 Å². The van der Waals surface area contributed by atoms with Crippen LogP contribution in [0.25, 0.3) is 0 Å². The minimum absolute atomic E-state index is 0.0216. The highest BCUT2D eigenvalue weighted by Crippen LogP contribution is 2.25. The van der Waals surface area contributed by atoms with Gasteiger partial charge in [-0.05, 0) is 24.6 Å². The summed E-state index contributed by atoms with van der Waals surface area (Å²) in [5.41, 5.74) is 0.486. The maximum absolute atomic E-state index is 13.3. The maximum atomic E-state index is 13.3. The predicted octanol–water partition coefficient (Wildman–Crippen LogP) is 3.31. The van der Waals surface area contributed by atoms with Gasteiger partial charge < -0.3 is 15.3 Å². The van der Waals surface area contributed by atoms with Gasteiger partial charge in [0, 0.05) is 42.4 Å². The highest BCUT2D eigenvalue weighted by Gasteiger charge is 2.30. The lowest BCUT2D eigenvalue weighted by molar-refractivity contribution is -0.128. The summed E-state index contributed by atoms with van der Waals surface area (Å²) < 4.78 is 26.9. The van der Waals surface area contributed by atoms with Gasteiger partial charge in [-0.15, -0.1) is 11.3 Å².